The van der Waals surface area contributed by atoms with Gasteiger partial charge in [0.2, 0.25) is 11.7 Å². The van der Waals surface area contributed by atoms with E-state index in [-0.39, 0.29) is 18.6 Å². The van der Waals surface area contributed by atoms with Gasteiger partial charge in [-0.25, -0.2) is 0 Å². The molecule has 1 atom stereocenters. The minimum Gasteiger partial charge on any atom is -0.492 e. The van der Waals surface area contributed by atoms with Crippen LogP contribution in [0.5, 0.6) is 5.75 Å². The van der Waals surface area contributed by atoms with Crippen molar-refractivity contribution in [1.82, 2.24) is 15.5 Å². The van der Waals surface area contributed by atoms with Crippen molar-refractivity contribution in [1.29, 1.82) is 0 Å². The molecule has 31 heavy (non-hydrogen) atoms. The standard InChI is InChI=1S/C23H24ClN3O4/c1-14(2)23-26-22(27-31-23)21-12-16-11-18(6-7-20(16)30-21)29-9-8-25-19(13-28)15-4-3-5-17(24)10-15/h3-7,10-12,14,19,25,28H,8-9,13H2,1-2H3/t19-/m0/s1. The second-order valence-corrected chi connectivity index (χ2v) is 7.95. The summed E-state index contributed by atoms with van der Waals surface area (Å²) in [4.78, 5) is 4.37. The quantitative estimate of drug-likeness (QED) is 0.354. The number of aromatic nitrogens is 2. The van der Waals surface area contributed by atoms with Gasteiger partial charge in [0, 0.05) is 22.9 Å². The molecule has 2 aromatic heterocycles. The summed E-state index contributed by atoms with van der Waals surface area (Å²) >= 11 is 6.04. The number of nitrogens with zero attached hydrogens (tertiary/aromatic N) is 2. The van der Waals surface area contributed by atoms with E-state index in [4.69, 9.17) is 25.3 Å². The number of ether oxygens (including phenoxy) is 1. The van der Waals surface area contributed by atoms with Crippen LogP contribution in [0.3, 0.4) is 0 Å². The van der Waals surface area contributed by atoms with Gasteiger partial charge in [0.15, 0.2) is 5.76 Å². The minimum atomic E-state index is -0.202. The molecule has 0 unspecified atom stereocenters. The Morgan fingerprint density at radius 1 is 1.16 bits per heavy atom. The lowest BCUT2D eigenvalue weighted by atomic mass is 10.1. The summed E-state index contributed by atoms with van der Waals surface area (Å²) in [6.45, 7) is 4.96. The molecule has 0 bridgehead atoms. The minimum absolute atomic E-state index is 0.0291. The van der Waals surface area contributed by atoms with Gasteiger partial charge in [0.1, 0.15) is 17.9 Å². The molecule has 7 nitrogen and oxygen atoms in total. The van der Waals surface area contributed by atoms with Crippen molar-refractivity contribution < 1.29 is 18.8 Å². The monoisotopic (exact) mass is 441 g/mol. The Labute approximate surface area is 185 Å². The van der Waals surface area contributed by atoms with Crippen molar-refractivity contribution >= 4 is 22.6 Å². The highest BCUT2D eigenvalue weighted by molar-refractivity contribution is 6.30. The van der Waals surface area contributed by atoms with Gasteiger partial charge >= 0.3 is 0 Å². The molecule has 0 aliphatic rings. The van der Waals surface area contributed by atoms with Crippen LogP contribution in [0.2, 0.25) is 5.02 Å². The molecule has 2 heterocycles. The topological polar surface area (TPSA) is 93.5 Å². The van der Waals surface area contributed by atoms with E-state index >= 15 is 0 Å². The van der Waals surface area contributed by atoms with Gasteiger partial charge in [-0.3, -0.25) is 0 Å². The van der Waals surface area contributed by atoms with Gasteiger partial charge in [-0.05, 0) is 42.0 Å². The van der Waals surface area contributed by atoms with Crippen molar-refractivity contribution in [3.63, 3.8) is 0 Å². The third-order valence-electron chi connectivity index (χ3n) is 4.84. The van der Waals surface area contributed by atoms with Gasteiger partial charge in [0.25, 0.3) is 0 Å². The number of hydrogen-bond acceptors (Lipinski definition) is 7. The van der Waals surface area contributed by atoms with Crippen LogP contribution >= 0.6 is 11.6 Å². The zero-order chi connectivity index (χ0) is 21.8. The van der Waals surface area contributed by atoms with E-state index < -0.39 is 0 Å². The fourth-order valence-electron chi connectivity index (χ4n) is 3.20. The number of furan rings is 1. The zero-order valence-electron chi connectivity index (χ0n) is 17.3. The van der Waals surface area contributed by atoms with Gasteiger partial charge in [-0.15, -0.1) is 0 Å². The zero-order valence-corrected chi connectivity index (χ0v) is 18.1. The van der Waals surface area contributed by atoms with Crippen LogP contribution in [0.15, 0.2) is 57.5 Å². The van der Waals surface area contributed by atoms with Crippen molar-refractivity contribution in [3.8, 4) is 17.3 Å². The van der Waals surface area contributed by atoms with Crippen LogP contribution in [0, 0.1) is 0 Å². The van der Waals surface area contributed by atoms with Gasteiger partial charge < -0.3 is 24.1 Å². The lowest BCUT2D eigenvalue weighted by Crippen LogP contribution is -2.28. The maximum Gasteiger partial charge on any atom is 0.238 e. The van der Waals surface area contributed by atoms with E-state index in [1.807, 2.05) is 62.4 Å². The summed E-state index contributed by atoms with van der Waals surface area (Å²) in [6, 6.07) is 14.7. The van der Waals surface area contributed by atoms with Crippen molar-refractivity contribution in [3.05, 3.63) is 65.0 Å². The molecule has 8 heteroatoms. The molecular weight excluding hydrogens is 418 g/mol. The molecular formula is C23H24ClN3O4. The largest absolute Gasteiger partial charge is 0.492 e. The molecule has 0 aliphatic carbocycles. The molecule has 0 aliphatic heterocycles. The normalized spacial score (nSPS) is 12.5. The van der Waals surface area contributed by atoms with Gasteiger partial charge in [-0.1, -0.05) is 42.7 Å². The number of nitrogens with one attached hydrogen (secondary N) is 1. The highest BCUT2D eigenvalue weighted by atomic mass is 35.5. The number of halogens is 1. The van der Waals surface area contributed by atoms with E-state index in [1.54, 1.807) is 0 Å². The second-order valence-electron chi connectivity index (χ2n) is 7.51. The Bertz CT molecular complexity index is 1150. The van der Waals surface area contributed by atoms with E-state index in [0.717, 1.165) is 22.3 Å². The fraction of sp³-hybridized carbons (Fsp3) is 0.304. The molecule has 2 N–H and O–H groups in total. The predicted molar refractivity (Wildman–Crippen MR) is 118 cm³/mol. The predicted octanol–water partition coefficient (Wildman–Crippen LogP) is 4.96. The molecule has 0 radical (unpaired) electrons. The lowest BCUT2D eigenvalue weighted by molar-refractivity contribution is 0.232. The molecule has 4 rings (SSSR count). The summed E-state index contributed by atoms with van der Waals surface area (Å²) in [5.74, 6) is 2.44. The number of rotatable bonds is 9. The molecule has 0 saturated carbocycles. The Balaban J connectivity index is 1.36. The summed E-state index contributed by atoms with van der Waals surface area (Å²) in [5.41, 5.74) is 1.65. The lowest BCUT2D eigenvalue weighted by Gasteiger charge is -2.17. The fourth-order valence-corrected chi connectivity index (χ4v) is 3.40. The van der Waals surface area contributed by atoms with Crippen LogP contribution in [-0.2, 0) is 0 Å². The molecule has 2 aromatic carbocycles. The Morgan fingerprint density at radius 2 is 2.03 bits per heavy atom. The van der Waals surface area contributed by atoms with E-state index in [1.165, 1.54) is 0 Å². The first-order chi connectivity index (χ1) is 15.0. The number of aliphatic hydroxyl groups is 1. The highest BCUT2D eigenvalue weighted by Crippen LogP contribution is 2.29. The second kappa shape index (κ2) is 9.51. The third-order valence-corrected chi connectivity index (χ3v) is 5.07. The first kappa shape index (κ1) is 21.4. The third kappa shape index (κ3) is 5.07. The maximum atomic E-state index is 9.66. The molecule has 0 saturated heterocycles. The summed E-state index contributed by atoms with van der Waals surface area (Å²) in [6.07, 6.45) is 0. The molecule has 0 fully saturated rings. The molecule has 4 aromatic rings. The Morgan fingerprint density at radius 3 is 2.77 bits per heavy atom. The first-order valence-electron chi connectivity index (χ1n) is 10.1. The van der Waals surface area contributed by atoms with Crippen LogP contribution in [-0.4, -0.2) is 35.0 Å². The number of hydrogen-bond donors (Lipinski definition) is 2. The Kier molecular flexibility index (Phi) is 6.56. The van der Waals surface area contributed by atoms with E-state index in [9.17, 15) is 5.11 Å². The summed E-state index contributed by atoms with van der Waals surface area (Å²) < 4.78 is 17.0. The average molecular weight is 442 g/mol. The van der Waals surface area contributed by atoms with E-state index in [2.05, 4.69) is 15.5 Å². The SMILES string of the molecule is CC(C)c1nc(-c2cc3cc(OCCN[C@@H](CO)c4cccc(Cl)c4)ccc3o2)no1. The highest BCUT2D eigenvalue weighted by Gasteiger charge is 2.16. The van der Waals surface area contributed by atoms with Crippen molar-refractivity contribution in [2.75, 3.05) is 19.8 Å². The van der Waals surface area contributed by atoms with Crippen LogP contribution < -0.4 is 10.1 Å². The van der Waals surface area contributed by atoms with Crippen LogP contribution in [0.1, 0.15) is 37.3 Å². The molecule has 162 valence electrons. The summed E-state index contributed by atoms with van der Waals surface area (Å²) in [7, 11) is 0. The van der Waals surface area contributed by atoms with E-state index in [0.29, 0.717) is 35.6 Å². The van der Waals surface area contributed by atoms with Crippen molar-refractivity contribution in [2.45, 2.75) is 25.8 Å². The average Bonchev–Trinajstić information content (AvgIpc) is 3.40. The van der Waals surface area contributed by atoms with Gasteiger partial charge in [0.05, 0.1) is 12.6 Å². The number of fused-ring (bicyclic) bond motifs is 1. The smallest absolute Gasteiger partial charge is 0.238 e. The Hall–Kier alpha value is -2.87. The van der Waals surface area contributed by atoms with Crippen molar-refractivity contribution in [2.24, 2.45) is 0 Å². The number of aliphatic hydroxyl groups excluding tert-OH is 1. The van der Waals surface area contributed by atoms with Crippen LogP contribution in [0.25, 0.3) is 22.6 Å². The maximum absolute atomic E-state index is 9.66. The molecule has 0 spiro atoms. The molecule has 0 amide bonds. The first-order valence-corrected chi connectivity index (χ1v) is 10.5. The summed E-state index contributed by atoms with van der Waals surface area (Å²) in [5, 5.41) is 18.5. The van der Waals surface area contributed by atoms with Crippen LogP contribution in [0.4, 0.5) is 0 Å². The van der Waals surface area contributed by atoms with Gasteiger partial charge in [-0.2, -0.15) is 4.98 Å². The number of benzene rings is 2.